The summed E-state index contributed by atoms with van der Waals surface area (Å²) in [5.74, 6) is -1.81. The fourth-order valence-corrected chi connectivity index (χ4v) is 4.20. The van der Waals surface area contributed by atoms with Crippen molar-refractivity contribution in [3.8, 4) is 28.2 Å². The first-order chi connectivity index (χ1) is 16.5. The predicted octanol–water partition coefficient (Wildman–Crippen LogP) is 3.05. The van der Waals surface area contributed by atoms with E-state index in [9.17, 15) is 13.2 Å². The Hall–Kier alpha value is -3.80. The number of hydrogen-bond acceptors (Lipinski definition) is 7. The molecule has 0 radical (unpaired) electrons. The molecule has 2 N–H and O–H groups in total. The highest BCUT2D eigenvalue weighted by molar-refractivity contribution is 5.76. The highest BCUT2D eigenvalue weighted by Gasteiger charge is 2.22. The first-order valence-corrected chi connectivity index (χ1v) is 10.9. The molecule has 9 nitrogen and oxygen atoms in total. The highest BCUT2D eigenvalue weighted by Crippen LogP contribution is 2.31. The minimum Gasteiger partial charge on any atom is -0.383 e. The van der Waals surface area contributed by atoms with Crippen LogP contribution < -0.4 is 5.73 Å². The van der Waals surface area contributed by atoms with Gasteiger partial charge in [0.1, 0.15) is 18.2 Å². The summed E-state index contributed by atoms with van der Waals surface area (Å²) in [5, 5.41) is 15.9. The van der Waals surface area contributed by atoms with Crippen molar-refractivity contribution in [1.29, 1.82) is 0 Å². The average molecular weight is 469 g/mol. The van der Waals surface area contributed by atoms with Crippen molar-refractivity contribution in [3.63, 3.8) is 0 Å². The quantitative estimate of drug-likeness (QED) is 0.463. The second-order valence-corrected chi connectivity index (χ2v) is 8.11. The number of alkyl halides is 1. The van der Waals surface area contributed by atoms with Gasteiger partial charge in [-0.05, 0) is 41.5 Å². The molecular formula is C22H22F3N9. The maximum atomic E-state index is 14.4. The van der Waals surface area contributed by atoms with E-state index in [0.717, 1.165) is 47.8 Å². The Morgan fingerprint density at radius 2 is 1.91 bits per heavy atom. The summed E-state index contributed by atoms with van der Waals surface area (Å²) in [6, 6.07) is 5.73. The molecule has 4 aromatic rings. The molecule has 0 spiro atoms. The highest BCUT2D eigenvalue weighted by atomic mass is 19.2. The Morgan fingerprint density at radius 3 is 2.71 bits per heavy atom. The number of anilines is 1. The summed E-state index contributed by atoms with van der Waals surface area (Å²) in [6.45, 7) is 1.79. The van der Waals surface area contributed by atoms with Gasteiger partial charge in [-0.15, -0.1) is 5.10 Å². The number of nitrogen functional groups attached to an aromatic ring is 1. The van der Waals surface area contributed by atoms with E-state index in [4.69, 9.17) is 5.73 Å². The lowest BCUT2D eigenvalue weighted by atomic mass is 10.1. The van der Waals surface area contributed by atoms with Crippen LogP contribution in [0.3, 0.4) is 0 Å². The van der Waals surface area contributed by atoms with E-state index in [0.29, 0.717) is 12.1 Å². The van der Waals surface area contributed by atoms with Crippen molar-refractivity contribution in [3.05, 3.63) is 54.5 Å². The maximum absolute atomic E-state index is 14.4. The minimum atomic E-state index is -1.07. The molecular weight excluding hydrogens is 447 g/mol. The average Bonchev–Trinajstić information content (AvgIpc) is 3.52. The molecule has 1 aromatic carbocycles. The number of piperidine rings is 1. The van der Waals surface area contributed by atoms with E-state index in [2.05, 4.69) is 30.5 Å². The largest absolute Gasteiger partial charge is 0.383 e. The number of rotatable bonds is 6. The van der Waals surface area contributed by atoms with E-state index >= 15 is 0 Å². The van der Waals surface area contributed by atoms with Crippen LogP contribution in [-0.2, 0) is 0 Å². The molecule has 0 atom stereocenters. The smallest absolute Gasteiger partial charge is 0.190 e. The summed E-state index contributed by atoms with van der Waals surface area (Å²) < 4.78 is 43.7. The third kappa shape index (κ3) is 4.12. The molecule has 1 aliphatic heterocycles. The van der Waals surface area contributed by atoms with Crippen molar-refractivity contribution in [2.45, 2.75) is 18.9 Å². The number of halogens is 3. The Balaban J connectivity index is 1.44. The Labute approximate surface area is 193 Å². The van der Waals surface area contributed by atoms with Gasteiger partial charge in [-0.3, -0.25) is 4.68 Å². The van der Waals surface area contributed by atoms with Crippen LogP contribution in [0, 0.1) is 11.6 Å². The van der Waals surface area contributed by atoms with Crippen LogP contribution in [0.2, 0.25) is 0 Å². The lowest BCUT2D eigenvalue weighted by Crippen LogP contribution is -2.36. The van der Waals surface area contributed by atoms with Crippen molar-refractivity contribution in [2.24, 2.45) is 0 Å². The lowest BCUT2D eigenvalue weighted by Gasteiger charge is -2.31. The van der Waals surface area contributed by atoms with Crippen molar-refractivity contribution in [2.75, 3.05) is 32.0 Å². The zero-order chi connectivity index (χ0) is 23.7. The number of aromatic nitrogens is 7. The van der Waals surface area contributed by atoms with Gasteiger partial charge < -0.3 is 10.6 Å². The summed E-state index contributed by atoms with van der Waals surface area (Å²) in [7, 11) is 0. The number of pyridine rings is 1. The number of benzene rings is 1. The first kappa shape index (κ1) is 22.0. The molecule has 0 amide bonds. The zero-order valence-electron chi connectivity index (χ0n) is 18.2. The fraction of sp³-hybridized carbons (Fsp3) is 0.318. The van der Waals surface area contributed by atoms with Gasteiger partial charge in [0, 0.05) is 43.2 Å². The van der Waals surface area contributed by atoms with Crippen molar-refractivity contribution >= 4 is 5.82 Å². The molecule has 1 saturated heterocycles. The molecule has 12 heteroatoms. The second kappa shape index (κ2) is 9.21. The topological polar surface area (TPSA) is 104 Å². The van der Waals surface area contributed by atoms with Gasteiger partial charge in [-0.1, -0.05) is 6.07 Å². The van der Waals surface area contributed by atoms with Gasteiger partial charge in [0.15, 0.2) is 17.5 Å². The summed E-state index contributed by atoms with van der Waals surface area (Å²) >= 11 is 0. The van der Waals surface area contributed by atoms with Crippen LogP contribution in [0.5, 0.6) is 0 Å². The molecule has 176 valence electrons. The molecule has 0 aliphatic carbocycles. The van der Waals surface area contributed by atoms with Crippen LogP contribution in [0.15, 0.2) is 42.9 Å². The predicted molar refractivity (Wildman–Crippen MR) is 119 cm³/mol. The third-order valence-corrected chi connectivity index (χ3v) is 6.06. The standard InChI is InChI=1S/C22H22F3N9/c23-6-9-32-7-4-16(5-8-32)33-13-15(12-28-33)14-10-17(21(26)27-11-14)22-29-30-31-34(22)19-3-1-2-18(24)20(19)25/h1-3,10-13,16H,4-9H2,(H2,26,27). The monoisotopic (exact) mass is 469 g/mol. The van der Waals surface area contributed by atoms with Crippen LogP contribution in [0.4, 0.5) is 19.0 Å². The van der Waals surface area contributed by atoms with Crippen LogP contribution in [0.1, 0.15) is 18.9 Å². The molecule has 4 heterocycles. The van der Waals surface area contributed by atoms with Gasteiger partial charge in [0.05, 0.1) is 17.8 Å². The van der Waals surface area contributed by atoms with Crippen LogP contribution in [0.25, 0.3) is 28.2 Å². The summed E-state index contributed by atoms with van der Waals surface area (Å²) in [4.78, 5) is 6.37. The number of likely N-dealkylation sites (tertiary alicyclic amines) is 1. The van der Waals surface area contributed by atoms with Gasteiger partial charge in [-0.2, -0.15) is 9.78 Å². The van der Waals surface area contributed by atoms with Crippen molar-refractivity contribution < 1.29 is 13.2 Å². The Kier molecular flexibility index (Phi) is 5.97. The Bertz CT molecular complexity index is 1290. The molecule has 0 saturated carbocycles. The van der Waals surface area contributed by atoms with E-state index in [1.54, 1.807) is 18.5 Å². The van der Waals surface area contributed by atoms with Gasteiger partial charge in [-0.25, -0.2) is 18.2 Å². The van der Waals surface area contributed by atoms with E-state index in [-0.39, 0.29) is 30.0 Å². The molecule has 3 aromatic heterocycles. The molecule has 1 aliphatic rings. The number of nitrogens with two attached hydrogens (primary N) is 1. The van der Waals surface area contributed by atoms with Gasteiger partial charge >= 0.3 is 0 Å². The lowest BCUT2D eigenvalue weighted by molar-refractivity contribution is 0.169. The van der Waals surface area contributed by atoms with Gasteiger partial charge in [0.25, 0.3) is 0 Å². The van der Waals surface area contributed by atoms with Gasteiger partial charge in [0.2, 0.25) is 0 Å². The van der Waals surface area contributed by atoms with E-state index in [1.807, 2.05) is 10.9 Å². The normalized spacial score (nSPS) is 15.1. The molecule has 0 unspecified atom stereocenters. The van der Waals surface area contributed by atoms with Crippen LogP contribution in [-0.4, -0.2) is 66.2 Å². The van der Waals surface area contributed by atoms with E-state index < -0.39 is 11.6 Å². The zero-order valence-corrected chi connectivity index (χ0v) is 18.2. The first-order valence-electron chi connectivity index (χ1n) is 10.9. The Morgan fingerprint density at radius 1 is 1.09 bits per heavy atom. The SMILES string of the molecule is Nc1ncc(-c2cnn(C3CCN(CCF)CC3)c2)cc1-c1nnnn1-c1cccc(F)c1F. The number of hydrogen-bond donors (Lipinski definition) is 1. The maximum Gasteiger partial charge on any atom is 0.190 e. The fourth-order valence-electron chi connectivity index (χ4n) is 4.20. The third-order valence-electron chi connectivity index (χ3n) is 6.06. The van der Waals surface area contributed by atoms with Crippen LogP contribution >= 0.6 is 0 Å². The molecule has 5 rings (SSSR count). The molecule has 0 bridgehead atoms. The minimum absolute atomic E-state index is 0.129. The van der Waals surface area contributed by atoms with E-state index in [1.165, 1.54) is 12.1 Å². The molecule has 34 heavy (non-hydrogen) atoms. The summed E-state index contributed by atoms with van der Waals surface area (Å²) in [5.41, 5.74) is 7.86. The second-order valence-electron chi connectivity index (χ2n) is 8.11. The number of nitrogens with zero attached hydrogens (tertiary/aromatic N) is 8. The molecule has 1 fully saturated rings. The summed E-state index contributed by atoms with van der Waals surface area (Å²) in [6.07, 6.45) is 7.06. The van der Waals surface area contributed by atoms with Crippen molar-refractivity contribution in [1.82, 2.24) is 39.9 Å². The number of tetrazole rings is 1.